The summed E-state index contributed by atoms with van der Waals surface area (Å²) < 4.78 is 0. The van der Waals surface area contributed by atoms with Gasteiger partial charge in [-0.15, -0.1) is 0 Å². The summed E-state index contributed by atoms with van der Waals surface area (Å²) in [5, 5.41) is 0. The van der Waals surface area contributed by atoms with Crippen LogP contribution in [0.4, 0.5) is 0 Å². The highest BCUT2D eigenvalue weighted by molar-refractivity contribution is 7.98. The van der Waals surface area contributed by atoms with E-state index in [1.54, 1.807) is 11.8 Å². The van der Waals surface area contributed by atoms with Gasteiger partial charge >= 0.3 is 0 Å². The molecule has 3 nitrogen and oxygen atoms in total. The molecule has 1 aliphatic rings. The Hall–Kier alpha value is -0.220. The van der Waals surface area contributed by atoms with E-state index in [-0.39, 0.29) is 11.9 Å². The SMILES string of the molecule is CSCC[C@H](N)C(=O)N(C)C1CCCCC1C. The third-order valence-corrected chi connectivity index (χ3v) is 4.51. The van der Waals surface area contributed by atoms with Gasteiger partial charge in [0.2, 0.25) is 5.91 Å². The molecule has 3 atom stereocenters. The van der Waals surface area contributed by atoms with E-state index in [1.165, 1.54) is 19.3 Å². The van der Waals surface area contributed by atoms with Crippen LogP contribution in [-0.4, -0.2) is 41.9 Å². The monoisotopic (exact) mass is 258 g/mol. The minimum absolute atomic E-state index is 0.123. The maximum atomic E-state index is 12.2. The lowest BCUT2D eigenvalue weighted by atomic mass is 9.85. The molecule has 0 spiro atoms. The van der Waals surface area contributed by atoms with Crippen molar-refractivity contribution < 1.29 is 4.79 Å². The maximum absolute atomic E-state index is 12.2. The van der Waals surface area contributed by atoms with E-state index in [4.69, 9.17) is 5.73 Å². The van der Waals surface area contributed by atoms with Gasteiger partial charge in [0.25, 0.3) is 0 Å². The van der Waals surface area contributed by atoms with Crippen molar-refractivity contribution in [1.29, 1.82) is 0 Å². The molecule has 0 aromatic rings. The van der Waals surface area contributed by atoms with Gasteiger partial charge in [0.15, 0.2) is 0 Å². The van der Waals surface area contributed by atoms with Crippen molar-refractivity contribution in [3.63, 3.8) is 0 Å². The van der Waals surface area contributed by atoms with Gasteiger partial charge in [-0.3, -0.25) is 4.79 Å². The summed E-state index contributed by atoms with van der Waals surface area (Å²) in [6, 6.07) is 0.0816. The van der Waals surface area contributed by atoms with E-state index in [0.717, 1.165) is 18.6 Å². The summed E-state index contributed by atoms with van der Waals surface area (Å²) in [6.07, 6.45) is 7.75. The van der Waals surface area contributed by atoms with E-state index >= 15 is 0 Å². The lowest BCUT2D eigenvalue weighted by Gasteiger charge is -2.37. The van der Waals surface area contributed by atoms with E-state index in [0.29, 0.717) is 12.0 Å². The van der Waals surface area contributed by atoms with Crippen molar-refractivity contribution in [1.82, 2.24) is 4.90 Å². The molecule has 17 heavy (non-hydrogen) atoms. The average molecular weight is 258 g/mol. The molecule has 0 radical (unpaired) electrons. The Morgan fingerprint density at radius 2 is 2.12 bits per heavy atom. The normalized spacial score (nSPS) is 26.6. The average Bonchev–Trinajstić information content (AvgIpc) is 2.34. The van der Waals surface area contributed by atoms with Crippen molar-refractivity contribution in [3.05, 3.63) is 0 Å². The number of amides is 1. The predicted molar refractivity (Wildman–Crippen MR) is 75.2 cm³/mol. The summed E-state index contributed by atoms with van der Waals surface area (Å²) in [6.45, 7) is 2.25. The Morgan fingerprint density at radius 3 is 2.71 bits per heavy atom. The molecule has 0 aliphatic heterocycles. The van der Waals surface area contributed by atoms with Crippen molar-refractivity contribution in [2.24, 2.45) is 11.7 Å². The first kappa shape index (κ1) is 14.8. The fourth-order valence-corrected chi connectivity index (χ4v) is 3.15. The smallest absolute Gasteiger partial charge is 0.239 e. The number of rotatable bonds is 5. The molecule has 100 valence electrons. The number of nitrogens with two attached hydrogens (primary N) is 1. The summed E-state index contributed by atoms with van der Waals surface area (Å²) in [5.41, 5.74) is 5.95. The van der Waals surface area contributed by atoms with Crippen LogP contribution in [0.15, 0.2) is 0 Å². The van der Waals surface area contributed by atoms with Crippen LogP contribution in [0.2, 0.25) is 0 Å². The van der Waals surface area contributed by atoms with Crippen molar-refractivity contribution >= 4 is 17.7 Å². The molecule has 2 N–H and O–H groups in total. The van der Waals surface area contributed by atoms with Crippen LogP contribution >= 0.6 is 11.8 Å². The summed E-state index contributed by atoms with van der Waals surface area (Å²) in [7, 11) is 1.92. The minimum atomic E-state index is -0.318. The standard InChI is InChI=1S/C13H26N2OS/c1-10-6-4-5-7-12(10)15(2)13(16)11(14)8-9-17-3/h10-12H,4-9,14H2,1-3H3/t10?,11-,12?/m0/s1. The molecule has 4 heteroatoms. The van der Waals surface area contributed by atoms with Gasteiger partial charge in [-0.2, -0.15) is 11.8 Å². The van der Waals surface area contributed by atoms with Gasteiger partial charge in [-0.1, -0.05) is 19.8 Å². The summed E-state index contributed by atoms with van der Waals surface area (Å²) in [5.74, 6) is 1.70. The van der Waals surface area contributed by atoms with Crippen LogP contribution < -0.4 is 5.73 Å². The molecule has 0 saturated heterocycles. The summed E-state index contributed by atoms with van der Waals surface area (Å²) in [4.78, 5) is 14.1. The second-order valence-electron chi connectivity index (χ2n) is 5.17. The van der Waals surface area contributed by atoms with E-state index in [2.05, 4.69) is 6.92 Å². The van der Waals surface area contributed by atoms with Crippen molar-refractivity contribution in [3.8, 4) is 0 Å². The van der Waals surface area contributed by atoms with E-state index in [1.807, 2.05) is 18.2 Å². The van der Waals surface area contributed by atoms with Gasteiger partial charge in [0, 0.05) is 13.1 Å². The first-order valence-electron chi connectivity index (χ1n) is 6.59. The van der Waals surface area contributed by atoms with Crippen LogP contribution in [0.25, 0.3) is 0 Å². The maximum Gasteiger partial charge on any atom is 0.239 e. The van der Waals surface area contributed by atoms with Gasteiger partial charge in [-0.05, 0) is 37.2 Å². The first-order chi connectivity index (χ1) is 8.07. The van der Waals surface area contributed by atoms with Crippen LogP contribution in [0.5, 0.6) is 0 Å². The third kappa shape index (κ3) is 4.18. The molecule has 0 aromatic heterocycles. The number of likely N-dealkylation sites (N-methyl/N-ethyl adjacent to an activating group) is 1. The molecule has 1 rings (SSSR count). The van der Waals surface area contributed by atoms with Gasteiger partial charge in [0.1, 0.15) is 0 Å². The van der Waals surface area contributed by atoms with Crippen LogP contribution in [0.3, 0.4) is 0 Å². The molecule has 0 heterocycles. The Bertz CT molecular complexity index is 248. The van der Waals surface area contributed by atoms with Crippen LogP contribution in [0, 0.1) is 5.92 Å². The second-order valence-corrected chi connectivity index (χ2v) is 6.15. The quantitative estimate of drug-likeness (QED) is 0.821. The second kappa shape index (κ2) is 7.27. The zero-order valence-corrected chi connectivity index (χ0v) is 12.1. The molecule has 2 unspecified atom stereocenters. The molecular weight excluding hydrogens is 232 g/mol. The number of carbonyl (C=O) groups is 1. The molecule has 0 bridgehead atoms. The van der Waals surface area contributed by atoms with Crippen LogP contribution in [0.1, 0.15) is 39.0 Å². The van der Waals surface area contributed by atoms with Gasteiger partial charge in [0.05, 0.1) is 6.04 Å². The van der Waals surface area contributed by atoms with E-state index < -0.39 is 0 Å². The lowest BCUT2D eigenvalue weighted by Crippen LogP contribution is -2.49. The highest BCUT2D eigenvalue weighted by Crippen LogP contribution is 2.27. The highest BCUT2D eigenvalue weighted by atomic mass is 32.2. The van der Waals surface area contributed by atoms with Crippen LogP contribution in [-0.2, 0) is 4.79 Å². The zero-order chi connectivity index (χ0) is 12.8. The number of carbonyl (C=O) groups excluding carboxylic acids is 1. The largest absolute Gasteiger partial charge is 0.341 e. The minimum Gasteiger partial charge on any atom is -0.341 e. The lowest BCUT2D eigenvalue weighted by molar-refractivity contribution is -0.135. The zero-order valence-electron chi connectivity index (χ0n) is 11.3. The Morgan fingerprint density at radius 1 is 1.47 bits per heavy atom. The van der Waals surface area contributed by atoms with Crippen molar-refractivity contribution in [2.75, 3.05) is 19.1 Å². The highest BCUT2D eigenvalue weighted by Gasteiger charge is 2.29. The predicted octanol–water partition coefficient (Wildman–Crippen LogP) is 2.10. The molecule has 1 aliphatic carbocycles. The number of hydrogen-bond donors (Lipinski definition) is 1. The topological polar surface area (TPSA) is 46.3 Å². The summed E-state index contributed by atoms with van der Waals surface area (Å²) >= 11 is 1.74. The first-order valence-corrected chi connectivity index (χ1v) is 7.98. The molecule has 0 aromatic carbocycles. The molecular formula is C13H26N2OS. The molecule has 1 saturated carbocycles. The number of nitrogens with zero attached hydrogens (tertiary/aromatic N) is 1. The van der Waals surface area contributed by atoms with Crippen molar-refractivity contribution in [2.45, 2.75) is 51.1 Å². The Balaban J connectivity index is 2.49. The Labute approximate surface area is 109 Å². The molecule has 1 fully saturated rings. The van der Waals surface area contributed by atoms with Gasteiger partial charge in [-0.25, -0.2) is 0 Å². The number of hydrogen-bond acceptors (Lipinski definition) is 3. The molecule has 1 amide bonds. The third-order valence-electron chi connectivity index (χ3n) is 3.86. The fraction of sp³-hybridized carbons (Fsp3) is 0.923. The van der Waals surface area contributed by atoms with E-state index in [9.17, 15) is 4.79 Å². The number of thioether (sulfide) groups is 1. The Kier molecular flexibility index (Phi) is 6.34. The van der Waals surface area contributed by atoms with Gasteiger partial charge < -0.3 is 10.6 Å². The fourth-order valence-electron chi connectivity index (χ4n) is 2.67.